The molecule has 0 bridgehead atoms. The zero-order chi connectivity index (χ0) is 13.8. The summed E-state index contributed by atoms with van der Waals surface area (Å²) in [5.41, 5.74) is 0.774. The van der Waals surface area contributed by atoms with Crippen LogP contribution in [0.2, 0.25) is 0 Å². The molecule has 1 aromatic heterocycles. The van der Waals surface area contributed by atoms with Crippen molar-refractivity contribution in [1.82, 2.24) is 9.78 Å². The second-order valence-corrected chi connectivity index (χ2v) is 6.17. The standard InChI is InChI=1S/C14H22BrN3O/c1-3-4-8-18-14(19)13(15)12(9-16-18)17-10(2)11-6-5-7-11/h9-11,17H,3-8H2,1-2H3. The number of hydrogen-bond acceptors (Lipinski definition) is 3. The van der Waals surface area contributed by atoms with Crippen molar-refractivity contribution in [3.63, 3.8) is 0 Å². The van der Waals surface area contributed by atoms with E-state index in [1.165, 1.54) is 23.9 Å². The van der Waals surface area contributed by atoms with E-state index in [0.29, 0.717) is 17.1 Å². The lowest BCUT2D eigenvalue weighted by atomic mass is 9.80. The Bertz CT molecular complexity index is 482. The molecule has 1 atom stereocenters. The summed E-state index contributed by atoms with van der Waals surface area (Å²) in [6.07, 6.45) is 7.69. The van der Waals surface area contributed by atoms with Gasteiger partial charge >= 0.3 is 0 Å². The van der Waals surface area contributed by atoms with Crippen LogP contribution in [0.5, 0.6) is 0 Å². The number of halogens is 1. The van der Waals surface area contributed by atoms with Crippen LogP contribution in [0.4, 0.5) is 5.69 Å². The molecular formula is C14H22BrN3O. The van der Waals surface area contributed by atoms with E-state index < -0.39 is 0 Å². The number of nitrogens with one attached hydrogen (secondary N) is 1. The van der Waals surface area contributed by atoms with Crippen LogP contribution < -0.4 is 10.9 Å². The van der Waals surface area contributed by atoms with E-state index in [0.717, 1.165) is 24.4 Å². The Morgan fingerprint density at radius 1 is 1.58 bits per heavy atom. The molecule has 0 aliphatic heterocycles. The van der Waals surface area contributed by atoms with Gasteiger partial charge in [0.05, 0.1) is 11.9 Å². The van der Waals surface area contributed by atoms with Gasteiger partial charge in [0.15, 0.2) is 0 Å². The lowest BCUT2D eigenvalue weighted by Crippen LogP contribution is -2.32. The fourth-order valence-corrected chi connectivity index (χ4v) is 2.76. The molecule has 1 aliphatic carbocycles. The zero-order valence-electron chi connectivity index (χ0n) is 11.7. The van der Waals surface area contributed by atoms with Gasteiger partial charge in [-0.2, -0.15) is 5.10 Å². The molecule has 106 valence electrons. The summed E-state index contributed by atoms with van der Waals surface area (Å²) in [6.45, 7) is 4.97. The molecule has 5 heteroatoms. The van der Waals surface area contributed by atoms with Gasteiger partial charge in [0.2, 0.25) is 0 Å². The Morgan fingerprint density at radius 3 is 2.89 bits per heavy atom. The average Bonchev–Trinajstić information content (AvgIpc) is 2.32. The third-order valence-corrected chi connectivity index (χ3v) is 4.71. The van der Waals surface area contributed by atoms with E-state index in [2.05, 4.69) is 40.2 Å². The highest BCUT2D eigenvalue weighted by molar-refractivity contribution is 9.10. The largest absolute Gasteiger partial charge is 0.380 e. The van der Waals surface area contributed by atoms with E-state index >= 15 is 0 Å². The number of rotatable bonds is 6. The summed E-state index contributed by atoms with van der Waals surface area (Å²) in [5.74, 6) is 0.731. The molecule has 0 aromatic carbocycles. The number of hydrogen-bond donors (Lipinski definition) is 1. The molecule has 1 unspecified atom stereocenters. The van der Waals surface area contributed by atoms with Gasteiger partial charge in [0, 0.05) is 12.6 Å². The molecule has 1 aromatic rings. The highest BCUT2D eigenvalue weighted by Gasteiger charge is 2.24. The summed E-state index contributed by atoms with van der Waals surface area (Å²) in [5, 5.41) is 7.66. The summed E-state index contributed by atoms with van der Waals surface area (Å²) < 4.78 is 2.14. The molecule has 1 fully saturated rings. The minimum Gasteiger partial charge on any atom is -0.380 e. The van der Waals surface area contributed by atoms with Crippen molar-refractivity contribution in [1.29, 1.82) is 0 Å². The van der Waals surface area contributed by atoms with Crippen molar-refractivity contribution >= 4 is 21.6 Å². The minimum absolute atomic E-state index is 0.0424. The summed E-state index contributed by atoms with van der Waals surface area (Å²) in [7, 11) is 0. The van der Waals surface area contributed by atoms with Crippen LogP contribution in [0.25, 0.3) is 0 Å². The normalized spacial score (nSPS) is 17.0. The second kappa shape index (κ2) is 6.55. The van der Waals surface area contributed by atoms with Crippen LogP contribution in [-0.4, -0.2) is 15.8 Å². The predicted molar refractivity (Wildman–Crippen MR) is 81.5 cm³/mol. The third-order valence-electron chi connectivity index (χ3n) is 3.95. The molecular weight excluding hydrogens is 306 g/mol. The van der Waals surface area contributed by atoms with Gasteiger partial charge in [-0.15, -0.1) is 0 Å². The molecule has 1 heterocycles. The molecule has 1 saturated carbocycles. The summed E-state index contributed by atoms with van der Waals surface area (Å²) in [4.78, 5) is 12.1. The highest BCUT2D eigenvalue weighted by Crippen LogP contribution is 2.31. The van der Waals surface area contributed by atoms with Crippen LogP contribution >= 0.6 is 15.9 Å². The first-order valence-corrected chi connectivity index (χ1v) is 7.95. The summed E-state index contributed by atoms with van der Waals surface area (Å²) >= 11 is 3.40. The predicted octanol–water partition coefficient (Wildman–Crippen LogP) is 3.41. The van der Waals surface area contributed by atoms with E-state index in [1.807, 2.05) is 0 Å². The molecule has 1 aliphatic rings. The minimum atomic E-state index is -0.0424. The first-order chi connectivity index (χ1) is 9.13. The Hall–Kier alpha value is -0.840. The van der Waals surface area contributed by atoms with Gasteiger partial charge < -0.3 is 5.32 Å². The fourth-order valence-electron chi connectivity index (χ4n) is 2.34. The highest BCUT2D eigenvalue weighted by atomic mass is 79.9. The monoisotopic (exact) mass is 327 g/mol. The van der Waals surface area contributed by atoms with E-state index in [9.17, 15) is 4.79 Å². The molecule has 0 spiro atoms. The SMILES string of the molecule is CCCCn1ncc(NC(C)C2CCC2)c(Br)c1=O. The van der Waals surface area contributed by atoms with E-state index in [4.69, 9.17) is 0 Å². The lowest BCUT2D eigenvalue weighted by molar-refractivity contribution is 0.285. The molecule has 1 N–H and O–H groups in total. The van der Waals surface area contributed by atoms with Gasteiger partial charge in [-0.25, -0.2) is 4.68 Å². The molecule has 0 amide bonds. The van der Waals surface area contributed by atoms with Crippen molar-refractivity contribution in [2.24, 2.45) is 5.92 Å². The van der Waals surface area contributed by atoms with Crippen LogP contribution in [0.3, 0.4) is 0 Å². The van der Waals surface area contributed by atoms with Crippen molar-refractivity contribution in [2.45, 2.75) is 58.5 Å². The number of unbranched alkanes of at least 4 members (excludes halogenated alkanes) is 1. The van der Waals surface area contributed by atoms with Crippen molar-refractivity contribution in [2.75, 3.05) is 5.32 Å². The molecule has 4 nitrogen and oxygen atoms in total. The molecule has 2 rings (SSSR count). The number of aromatic nitrogens is 2. The Morgan fingerprint density at radius 2 is 2.32 bits per heavy atom. The average molecular weight is 328 g/mol. The van der Waals surface area contributed by atoms with Crippen molar-refractivity contribution < 1.29 is 0 Å². The maximum atomic E-state index is 12.1. The van der Waals surface area contributed by atoms with E-state index in [-0.39, 0.29) is 5.56 Å². The second-order valence-electron chi connectivity index (χ2n) is 5.38. The number of anilines is 1. The van der Waals surface area contributed by atoms with Gasteiger partial charge in [-0.05, 0) is 48.0 Å². The quantitative estimate of drug-likeness (QED) is 0.870. The molecule has 0 radical (unpaired) electrons. The maximum Gasteiger partial charge on any atom is 0.283 e. The Kier molecular flexibility index (Phi) is 5.02. The molecule has 0 saturated heterocycles. The fraction of sp³-hybridized carbons (Fsp3) is 0.714. The van der Waals surface area contributed by atoms with Gasteiger partial charge in [0.1, 0.15) is 4.47 Å². The van der Waals surface area contributed by atoms with Crippen LogP contribution in [0, 0.1) is 5.92 Å². The van der Waals surface area contributed by atoms with Crippen molar-refractivity contribution in [3.05, 3.63) is 21.0 Å². The summed E-state index contributed by atoms with van der Waals surface area (Å²) in [6, 6.07) is 0.401. The zero-order valence-corrected chi connectivity index (χ0v) is 13.2. The number of nitrogens with zero attached hydrogens (tertiary/aromatic N) is 2. The van der Waals surface area contributed by atoms with Gasteiger partial charge in [-0.1, -0.05) is 19.8 Å². The third kappa shape index (κ3) is 3.38. The maximum absolute atomic E-state index is 12.1. The van der Waals surface area contributed by atoms with Gasteiger partial charge in [-0.3, -0.25) is 4.79 Å². The van der Waals surface area contributed by atoms with Crippen molar-refractivity contribution in [3.8, 4) is 0 Å². The first kappa shape index (κ1) is 14.6. The Balaban J connectivity index is 2.09. The molecule has 19 heavy (non-hydrogen) atoms. The Labute approximate surface area is 122 Å². The van der Waals surface area contributed by atoms with E-state index in [1.54, 1.807) is 6.20 Å². The number of aryl methyl sites for hydroxylation is 1. The lowest BCUT2D eigenvalue weighted by Gasteiger charge is -2.32. The van der Waals surface area contributed by atoms with Crippen LogP contribution in [-0.2, 0) is 6.54 Å². The van der Waals surface area contributed by atoms with Crippen LogP contribution in [0.15, 0.2) is 15.5 Å². The first-order valence-electron chi connectivity index (χ1n) is 7.15. The van der Waals surface area contributed by atoms with Gasteiger partial charge in [0.25, 0.3) is 5.56 Å². The smallest absolute Gasteiger partial charge is 0.283 e. The van der Waals surface area contributed by atoms with Crippen LogP contribution in [0.1, 0.15) is 46.0 Å². The topological polar surface area (TPSA) is 46.9 Å².